The summed E-state index contributed by atoms with van der Waals surface area (Å²) in [5.74, 6) is -1.23. The summed E-state index contributed by atoms with van der Waals surface area (Å²) in [5, 5.41) is 8.92. The van der Waals surface area contributed by atoms with Gasteiger partial charge in [0.25, 0.3) is 0 Å². The normalized spacial score (nSPS) is 10.4. The fourth-order valence-electron chi connectivity index (χ4n) is 1.18. The van der Waals surface area contributed by atoms with E-state index in [2.05, 4.69) is 0 Å². The van der Waals surface area contributed by atoms with Gasteiger partial charge in [-0.25, -0.2) is 9.59 Å². The second-order valence-corrected chi connectivity index (χ2v) is 4.88. The zero-order chi connectivity index (χ0) is 12.8. The predicted molar refractivity (Wildman–Crippen MR) is 67.9 cm³/mol. The first kappa shape index (κ1) is 18.2. The van der Waals surface area contributed by atoms with E-state index in [-0.39, 0.29) is 72.7 Å². The Bertz CT molecular complexity index is 426. The van der Waals surface area contributed by atoms with Gasteiger partial charge in [-0.2, -0.15) is 0 Å². The van der Waals surface area contributed by atoms with Crippen molar-refractivity contribution in [3.63, 3.8) is 0 Å². The van der Waals surface area contributed by atoms with Crippen LogP contribution in [0, 0.1) is 5.92 Å². The van der Waals surface area contributed by atoms with Crippen LogP contribution >= 0.6 is 8.81 Å². The van der Waals surface area contributed by atoms with E-state index in [1.54, 1.807) is 12.1 Å². The predicted octanol–water partition coefficient (Wildman–Crippen LogP) is -0.0924. The molecular formula is C12H16KO4P. The molecule has 18 heavy (non-hydrogen) atoms. The second kappa shape index (κ2) is 9.18. The number of rotatable bonds is 5. The summed E-state index contributed by atoms with van der Waals surface area (Å²) in [4.78, 5) is 22.6. The fraction of sp³-hybridized carbons (Fsp3) is 0.333. The van der Waals surface area contributed by atoms with Crippen LogP contribution in [0.15, 0.2) is 24.3 Å². The van der Waals surface area contributed by atoms with Crippen LogP contribution in [0.3, 0.4) is 0 Å². The van der Waals surface area contributed by atoms with Crippen LogP contribution < -0.4 is 51.4 Å². The van der Waals surface area contributed by atoms with Gasteiger partial charge in [-0.15, -0.1) is 0 Å². The molecule has 1 aromatic carbocycles. The number of hydrogen-bond acceptors (Lipinski definition) is 3. The number of carbonyl (C=O) groups is 2. The number of hydrogen-bond donors (Lipinski definition) is 1. The summed E-state index contributed by atoms with van der Waals surface area (Å²) in [7, 11) is 0.0659. The summed E-state index contributed by atoms with van der Waals surface area (Å²) in [6, 6.07) is 6.06. The van der Waals surface area contributed by atoms with E-state index in [0.29, 0.717) is 5.92 Å². The van der Waals surface area contributed by atoms with E-state index in [1.165, 1.54) is 12.1 Å². The second-order valence-electron chi connectivity index (χ2n) is 3.98. The van der Waals surface area contributed by atoms with Crippen LogP contribution in [0.4, 0.5) is 0 Å². The van der Waals surface area contributed by atoms with Gasteiger partial charge in [0.05, 0.1) is 19.9 Å². The van der Waals surface area contributed by atoms with Gasteiger partial charge in [0.2, 0.25) is 0 Å². The van der Waals surface area contributed by atoms with Crippen molar-refractivity contribution in [2.45, 2.75) is 13.8 Å². The van der Waals surface area contributed by atoms with Crippen LogP contribution in [-0.4, -0.2) is 23.2 Å². The molecule has 1 rings (SSSR count). The van der Waals surface area contributed by atoms with Crippen LogP contribution in [0.25, 0.3) is 0 Å². The first-order valence-electron chi connectivity index (χ1n) is 5.28. The van der Waals surface area contributed by atoms with Crippen molar-refractivity contribution in [2.24, 2.45) is 5.92 Å². The molecule has 6 heteroatoms. The number of benzene rings is 1. The van der Waals surface area contributed by atoms with E-state index >= 15 is 0 Å². The van der Waals surface area contributed by atoms with Gasteiger partial charge in [0.1, 0.15) is 0 Å². The number of carbonyl (C=O) groups excluding carboxylic acids is 1. The Morgan fingerprint density at radius 1 is 1.33 bits per heavy atom. The zero-order valence-corrected chi connectivity index (χ0v) is 14.9. The van der Waals surface area contributed by atoms with Crippen LogP contribution in [0.2, 0.25) is 0 Å². The smallest absolute Gasteiger partial charge is 1.00 e. The fourth-order valence-corrected chi connectivity index (χ4v) is 1.83. The van der Waals surface area contributed by atoms with Crippen molar-refractivity contribution in [2.75, 3.05) is 6.16 Å². The minimum Gasteiger partial charge on any atom is -1.00 e. The summed E-state index contributed by atoms with van der Waals surface area (Å²) in [5.41, 5.74) is 0.0862. The van der Waals surface area contributed by atoms with E-state index < -0.39 is 11.9 Å². The van der Waals surface area contributed by atoms with Gasteiger partial charge in [0, 0.05) is 6.16 Å². The Morgan fingerprint density at radius 2 is 1.89 bits per heavy atom. The molecule has 0 amide bonds. The van der Waals surface area contributed by atoms with Gasteiger partial charge >= 0.3 is 63.3 Å². The zero-order valence-electron chi connectivity index (χ0n) is 11.8. The van der Waals surface area contributed by atoms with Crippen LogP contribution in [0.5, 0.6) is 0 Å². The van der Waals surface area contributed by atoms with Crippen LogP contribution in [0.1, 0.15) is 36.0 Å². The third-order valence-electron chi connectivity index (χ3n) is 2.03. The quantitative estimate of drug-likeness (QED) is 0.609. The molecule has 1 N–H and O–H groups in total. The maximum Gasteiger partial charge on any atom is 1.00 e. The molecule has 0 saturated carbocycles. The minimum absolute atomic E-state index is 0. The molecule has 0 aliphatic carbocycles. The standard InChI is InChI=1S/C12H15O4P.K.H/c1-8(2)7-17-16-12(15)10-6-4-3-5-9(10)11(13)14;;/h3-6,8,17H,7H2,1-2H3,(H,13,14);;/q;+1;-1. The Hall–Kier alpha value is 0.226. The largest absolute Gasteiger partial charge is 1.00 e. The van der Waals surface area contributed by atoms with Gasteiger partial charge < -0.3 is 11.1 Å². The Labute approximate surface area is 152 Å². The molecule has 0 saturated heterocycles. The third kappa shape index (κ3) is 5.91. The molecule has 1 aromatic rings. The van der Waals surface area contributed by atoms with Crippen molar-refractivity contribution in [1.29, 1.82) is 0 Å². The van der Waals surface area contributed by atoms with Gasteiger partial charge in [-0.05, 0) is 18.1 Å². The summed E-state index contributed by atoms with van der Waals surface area (Å²) >= 11 is 0. The molecule has 0 heterocycles. The molecule has 94 valence electrons. The van der Waals surface area contributed by atoms with E-state index in [4.69, 9.17) is 9.63 Å². The number of aromatic carboxylic acids is 1. The molecular weight excluding hydrogens is 278 g/mol. The average Bonchev–Trinajstić information content (AvgIpc) is 2.28. The molecule has 1 atom stereocenters. The summed E-state index contributed by atoms with van der Waals surface area (Å²) < 4.78 is 5.06. The molecule has 0 aromatic heterocycles. The van der Waals surface area contributed by atoms with Gasteiger partial charge in [-0.1, -0.05) is 26.0 Å². The molecule has 0 bridgehead atoms. The first-order chi connectivity index (χ1) is 8.02. The average molecular weight is 294 g/mol. The van der Waals surface area contributed by atoms with Crippen molar-refractivity contribution in [3.8, 4) is 0 Å². The summed E-state index contributed by atoms with van der Waals surface area (Å²) in [6.07, 6.45) is 0.793. The number of carboxylic acid groups (broad SMARTS) is 1. The monoisotopic (exact) mass is 294 g/mol. The van der Waals surface area contributed by atoms with E-state index in [9.17, 15) is 9.59 Å². The molecule has 1 unspecified atom stereocenters. The maximum atomic E-state index is 11.7. The van der Waals surface area contributed by atoms with E-state index in [1.807, 2.05) is 13.8 Å². The van der Waals surface area contributed by atoms with Crippen molar-refractivity contribution < 1.29 is 72.0 Å². The Kier molecular flexibility index (Phi) is 9.30. The maximum absolute atomic E-state index is 11.7. The first-order valence-corrected chi connectivity index (χ1v) is 6.40. The summed E-state index contributed by atoms with van der Waals surface area (Å²) in [6.45, 7) is 4.07. The molecule has 0 fully saturated rings. The van der Waals surface area contributed by atoms with Gasteiger partial charge in [0.15, 0.2) is 0 Å². The molecule has 4 nitrogen and oxygen atoms in total. The minimum atomic E-state index is -1.12. The SMILES string of the molecule is CC(C)CPOC(=O)c1ccccc1C(=O)O.[H-].[K+]. The van der Waals surface area contributed by atoms with Crippen molar-refractivity contribution in [1.82, 2.24) is 0 Å². The third-order valence-corrected chi connectivity index (χ3v) is 3.35. The van der Waals surface area contributed by atoms with Crippen LogP contribution in [-0.2, 0) is 4.52 Å². The topological polar surface area (TPSA) is 63.6 Å². The van der Waals surface area contributed by atoms with Gasteiger partial charge in [-0.3, -0.25) is 0 Å². The van der Waals surface area contributed by atoms with Crippen molar-refractivity contribution in [3.05, 3.63) is 35.4 Å². The molecule has 0 aliphatic heterocycles. The molecule has 0 radical (unpaired) electrons. The van der Waals surface area contributed by atoms with Crippen molar-refractivity contribution >= 4 is 20.7 Å². The number of carboxylic acids is 1. The Morgan fingerprint density at radius 3 is 2.39 bits per heavy atom. The molecule has 0 aliphatic rings. The Balaban J connectivity index is 0. The van der Waals surface area contributed by atoms with E-state index in [0.717, 1.165) is 6.16 Å². The molecule has 0 spiro atoms.